The summed E-state index contributed by atoms with van der Waals surface area (Å²) in [6.07, 6.45) is 0. The van der Waals surface area contributed by atoms with E-state index < -0.39 is 0 Å². The molecule has 0 amide bonds. The van der Waals surface area contributed by atoms with Crippen molar-refractivity contribution in [1.82, 2.24) is 0 Å². The molecule has 0 fully saturated rings. The molecule has 3 heteroatoms. The lowest BCUT2D eigenvalue weighted by atomic mass is 10.2. The minimum atomic E-state index is 0.463. The smallest absolute Gasteiger partial charge is 0.119 e. The molecule has 0 spiro atoms. The standard InChI is InChI=1S/C13H10Cl2O/c14-11-6-10(7-12(15)8-11)9-16-13-4-2-1-3-5-13/h1-8H,9H2. The van der Waals surface area contributed by atoms with Gasteiger partial charge in [0.05, 0.1) is 0 Å². The molecule has 2 aromatic carbocycles. The zero-order valence-corrected chi connectivity index (χ0v) is 10.0. The van der Waals surface area contributed by atoms with Gasteiger partial charge >= 0.3 is 0 Å². The van der Waals surface area contributed by atoms with Crippen molar-refractivity contribution in [2.24, 2.45) is 0 Å². The van der Waals surface area contributed by atoms with Gasteiger partial charge in [0.15, 0.2) is 0 Å². The topological polar surface area (TPSA) is 9.23 Å². The first-order valence-electron chi connectivity index (χ1n) is 4.87. The zero-order valence-electron chi connectivity index (χ0n) is 8.49. The third kappa shape index (κ3) is 3.16. The highest BCUT2D eigenvalue weighted by molar-refractivity contribution is 6.34. The molecule has 0 heterocycles. The summed E-state index contributed by atoms with van der Waals surface area (Å²) in [5, 5.41) is 1.25. The molecule has 0 aliphatic rings. The van der Waals surface area contributed by atoms with E-state index in [0.717, 1.165) is 11.3 Å². The Balaban J connectivity index is 2.05. The van der Waals surface area contributed by atoms with E-state index in [0.29, 0.717) is 16.7 Å². The first kappa shape index (κ1) is 11.3. The molecule has 0 aromatic heterocycles. The summed E-state index contributed by atoms with van der Waals surface area (Å²) in [5.74, 6) is 0.832. The third-order valence-corrected chi connectivity index (χ3v) is 2.51. The Kier molecular flexibility index (Phi) is 3.70. The Hall–Kier alpha value is -1.18. The Morgan fingerprint density at radius 1 is 0.875 bits per heavy atom. The van der Waals surface area contributed by atoms with Crippen LogP contribution in [0.1, 0.15) is 5.56 Å². The van der Waals surface area contributed by atoms with Crippen LogP contribution < -0.4 is 4.74 Å². The highest BCUT2D eigenvalue weighted by atomic mass is 35.5. The number of para-hydroxylation sites is 1. The van der Waals surface area contributed by atoms with E-state index in [1.54, 1.807) is 6.07 Å². The van der Waals surface area contributed by atoms with Crippen molar-refractivity contribution >= 4 is 23.2 Å². The molecule has 0 atom stereocenters. The van der Waals surface area contributed by atoms with E-state index in [9.17, 15) is 0 Å². The number of ether oxygens (including phenoxy) is 1. The molecule has 1 nitrogen and oxygen atoms in total. The quantitative estimate of drug-likeness (QED) is 0.778. The van der Waals surface area contributed by atoms with Gasteiger partial charge in [0.25, 0.3) is 0 Å². The predicted molar refractivity (Wildman–Crippen MR) is 67.2 cm³/mol. The van der Waals surface area contributed by atoms with Gasteiger partial charge in [0, 0.05) is 10.0 Å². The van der Waals surface area contributed by atoms with Gasteiger partial charge in [0.1, 0.15) is 12.4 Å². The zero-order chi connectivity index (χ0) is 11.4. The highest BCUT2D eigenvalue weighted by Crippen LogP contribution is 2.20. The summed E-state index contributed by atoms with van der Waals surface area (Å²) in [5.41, 5.74) is 0.960. The van der Waals surface area contributed by atoms with Gasteiger partial charge in [-0.15, -0.1) is 0 Å². The molecule has 0 saturated carbocycles. The fourth-order valence-electron chi connectivity index (χ4n) is 1.38. The van der Waals surface area contributed by atoms with Crippen LogP contribution in [0.25, 0.3) is 0 Å². The van der Waals surface area contributed by atoms with Gasteiger partial charge in [-0.1, -0.05) is 41.4 Å². The molecule has 16 heavy (non-hydrogen) atoms. The van der Waals surface area contributed by atoms with Crippen molar-refractivity contribution in [3.8, 4) is 5.75 Å². The van der Waals surface area contributed by atoms with Crippen molar-refractivity contribution < 1.29 is 4.74 Å². The Morgan fingerprint density at radius 2 is 1.50 bits per heavy atom. The maximum atomic E-state index is 5.89. The molecule has 0 aliphatic carbocycles. The van der Waals surface area contributed by atoms with Crippen molar-refractivity contribution in [1.29, 1.82) is 0 Å². The Bertz CT molecular complexity index is 448. The van der Waals surface area contributed by atoms with Crippen molar-refractivity contribution in [3.63, 3.8) is 0 Å². The van der Waals surface area contributed by atoms with E-state index in [4.69, 9.17) is 27.9 Å². The van der Waals surface area contributed by atoms with Crippen LogP contribution in [0.4, 0.5) is 0 Å². The maximum absolute atomic E-state index is 5.89. The van der Waals surface area contributed by atoms with Crippen LogP contribution in [-0.4, -0.2) is 0 Å². The monoisotopic (exact) mass is 252 g/mol. The third-order valence-electron chi connectivity index (χ3n) is 2.07. The molecule has 0 N–H and O–H groups in total. The molecule has 2 rings (SSSR count). The fourth-order valence-corrected chi connectivity index (χ4v) is 1.95. The van der Waals surface area contributed by atoms with Crippen molar-refractivity contribution in [3.05, 3.63) is 64.1 Å². The van der Waals surface area contributed by atoms with Crippen LogP contribution in [0.2, 0.25) is 10.0 Å². The summed E-state index contributed by atoms with van der Waals surface area (Å²) in [7, 11) is 0. The number of halogens is 2. The van der Waals surface area contributed by atoms with E-state index >= 15 is 0 Å². The van der Waals surface area contributed by atoms with E-state index in [1.807, 2.05) is 42.5 Å². The molecule has 2 aromatic rings. The van der Waals surface area contributed by atoms with Crippen molar-refractivity contribution in [2.45, 2.75) is 6.61 Å². The molecule has 82 valence electrons. The van der Waals surface area contributed by atoms with Gasteiger partial charge in [-0.2, -0.15) is 0 Å². The predicted octanol–water partition coefficient (Wildman–Crippen LogP) is 4.57. The average Bonchev–Trinajstić information content (AvgIpc) is 2.27. The Morgan fingerprint density at radius 3 is 2.12 bits per heavy atom. The van der Waals surface area contributed by atoms with Crippen molar-refractivity contribution in [2.75, 3.05) is 0 Å². The van der Waals surface area contributed by atoms with Crippen LogP contribution >= 0.6 is 23.2 Å². The summed E-state index contributed by atoms with van der Waals surface area (Å²) in [4.78, 5) is 0. The van der Waals surface area contributed by atoms with Gasteiger partial charge in [-0.05, 0) is 35.9 Å². The molecule has 0 aliphatic heterocycles. The lowest BCUT2D eigenvalue weighted by Crippen LogP contribution is -1.95. The molecule has 0 radical (unpaired) electrons. The fraction of sp³-hybridized carbons (Fsp3) is 0.0769. The number of hydrogen-bond donors (Lipinski definition) is 0. The van der Waals surface area contributed by atoms with Crippen LogP contribution in [0, 0.1) is 0 Å². The van der Waals surface area contributed by atoms with E-state index in [-0.39, 0.29) is 0 Å². The molecular formula is C13H10Cl2O. The molecule has 0 unspecified atom stereocenters. The minimum Gasteiger partial charge on any atom is -0.489 e. The molecular weight excluding hydrogens is 243 g/mol. The minimum absolute atomic E-state index is 0.463. The van der Waals surface area contributed by atoms with E-state index in [1.165, 1.54) is 0 Å². The first-order chi connectivity index (χ1) is 7.74. The largest absolute Gasteiger partial charge is 0.489 e. The summed E-state index contributed by atoms with van der Waals surface area (Å²) in [6.45, 7) is 0.463. The van der Waals surface area contributed by atoms with Crippen LogP contribution in [0.5, 0.6) is 5.75 Å². The number of rotatable bonds is 3. The Labute approximate surface area is 105 Å². The van der Waals surface area contributed by atoms with Gasteiger partial charge < -0.3 is 4.74 Å². The number of hydrogen-bond acceptors (Lipinski definition) is 1. The average molecular weight is 253 g/mol. The van der Waals surface area contributed by atoms with Crippen LogP contribution in [0.3, 0.4) is 0 Å². The second-order valence-electron chi connectivity index (χ2n) is 3.38. The van der Waals surface area contributed by atoms with Gasteiger partial charge in [-0.3, -0.25) is 0 Å². The highest BCUT2D eigenvalue weighted by Gasteiger charge is 1.99. The van der Waals surface area contributed by atoms with Gasteiger partial charge in [0.2, 0.25) is 0 Å². The number of benzene rings is 2. The lowest BCUT2D eigenvalue weighted by molar-refractivity contribution is 0.306. The van der Waals surface area contributed by atoms with E-state index in [2.05, 4.69) is 0 Å². The van der Waals surface area contributed by atoms with Crippen LogP contribution in [-0.2, 0) is 6.61 Å². The second-order valence-corrected chi connectivity index (χ2v) is 4.25. The van der Waals surface area contributed by atoms with Gasteiger partial charge in [-0.25, -0.2) is 0 Å². The summed E-state index contributed by atoms with van der Waals surface area (Å²) >= 11 is 11.8. The molecule has 0 saturated heterocycles. The SMILES string of the molecule is Clc1cc(Cl)cc(COc2ccccc2)c1. The maximum Gasteiger partial charge on any atom is 0.119 e. The summed E-state index contributed by atoms with van der Waals surface area (Å²) < 4.78 is 5.58. The first-order valence-corrected chi connectivity index (χ1v) is 5.62. The van der Waals surface area contributed by atoms with Crippen LogP contribution in [0.15, 0.2) is 48.5 Å². The lowest BCUT2D eigenvalue weighted by Gasteiger charge is -2.06. The normalized spacial score (nSPS) is 10.1. The summed E-state index contributed by atoms with van der Waals surface area (Å²) in [6, 6.07) is 15.0. The molecule has 0 bridgehead atoms. The second kappa shape index (κ2) is 5.24.